The van der Waals surface area contributed by atoms with Crippen LogP contribution in [0.4, 0.5) is 5.69 Å². The number of hydrogen-bond acceptors (Lipinski definition) is 4. The van der Waals surface area contributed by atoms with Crippen LogP contribution in [-0.4, -0.2) is 17.4 Å². The van der Waals surface area contributed by atoms with Gasteiger partial charge in [0.2, 0.25) is 0 Å². The predicted molar refractivity (Wildman–Crippen MR) is 51.1 cm³/mol. The highest BCUT2D eigenvalue weighted by Gasteiger charge is 2.14. The lowest BCUT2D eigenvalue weighted by atomic mass is 10.1. The molecule has 0 bridgehead atoms. The van der Waals surface area contributed by atoms with E-state index in [-0.39, 0.29) is 0 Å². The molecule has 0 saturated heterocycles. The van der Waals surface area contributed by atoms with E-state index in [2.05, 4.69) is 0 Å². The van der Waals surface area contributed by atoms with Gasteiger partial charge in [0, 0.05) is 11.3 Å². The maximum absolute atomic E-state index is 8.58. The Bertz CT molecular complexity index is 315. The second-order valence-corrected chi connectivity index (χ2v) is 2.86. The molecule has 0 aliphatic heterocycles. The summed E-state index contributed by atoms with van der Waals surface area (Å²) in [6.45, 7) is 3.64. The van der Waals surface area contributed by atoms with Crippen molar-refractivity contribution in [1.82, 2.24) is 0 Å². The molecule has 0 radical (unpaired) electrons. The SMILES string of the molecule is Cc1ccc(OB(O)O)c(C)c1N. The fourth-order valence-corrected chi connectivity index (χ4v) is 1.09. The lowest BCUT2D eigenvalue weighted by Crippen LogP contribution is -2.21. The average molecular weight is 181 g/mol. The second-order valence-electron chi connectivity index (χ2n) is 2.86. The summed E-state index contributed by atoms with van der Waals surface area (Å²) in [6.07, 6.45) is 0. The zero-order valence-electron chi connectivity index (χ0n) is 7.61. The van der Waals surface area contributed by atoms with Crippen molar-refractivity contribution in [2.75, 3.05) is 5.73 Å². The van der Waals surface area contributed by atoms with Gasteiger partial charge in [0.1, 0.15) is 5.75 Å². The molecule has 0 aromatic heterocycles. The van der Waals surface area contributed by atoms with Crippen molar-refractivity contribution >= 4 is 13.0 Å². The molecule has 4 N–H and O–H groups in total. The molecule has 70 valence electrons. The van der Waals surface area contributed by atoms with Crippen LogP contribution in [0, 0.1) is 13.8 Å². The first-order valence-corrected chi connectivity index (χ1v) is 3.91. The predicted octanol–water partition coefficient (Wildman–Crippen LogP) is 0.234. The summed E-state index contributed by atoms with van der Waals surface area (Å²) in [5, 5.41) is 17.2. The first kappa shape index (κ1) is 9.89. The molecular weight excluding hydrogens is 169 g/mol. The standard InChI is InChI=1S/C8H12BNO3/c1-5-3-4-7(13-9(11)12)6(2)8(5)10/h3-4,11-12H,10H2,1-2H3. The number of hydrogen-bond donors (Lipinski definition) is 3. The van der Waals surface area contributed by atoms with Crippen LogP contribution in [0.1, 0.15) is 11.1 Å². The van der Waals surface area contributed by atoms with Crippen LogP contribution in [0.2, 0.25) is 0 Å². The van der Waals surface area contributed by atoms with Crippen LogP contribution in [0.5, 0.6) is 5.75 Å². The van der Waals surface area contributed by atoms with Gasteiger partial charge in [0.15, 0.2) is 0 Å². The number of anilines is 1. The third-order valence-electron chi connectivity index (χ3n) is 1.92. The molecule has 1 aromatic rings. The fourth-order valence-electron chi connectivity index (χ4n) is 1.09. The molecular formula is C8H12BNO3. The van der Waals surface area contributed by atoms with E-state index in [0.717, 1.165) is 5.56 Å². The van der Waals surface area contributed by atoms with Crippen molar-refractivity contribution in [1.29, 1.82) is 0 Å². The molecule has 0 saturated carbocycles. The maximum Gasteiger partial charge on any atom is 0.707 e. The van der Waals surface area contributed by atoms with Crippen LogP contribution < -0.4 is 10.4 Å². The minimum atomic E-state index is -1.80. The lowest BCUT2D eigenvalue weighted by Gasteiger charge is -2.11. The maximum atomic E-state index is 8.58. The summed E-state index contributed by atoms with van der Waals surface area (Å²) < 4.78 is 4.71. The van der Waals surface area contributed by atoms with Gasteiger partial charge in [-0.3, -0.25) is 0 Å². The summed E-state index contributed by atoms with van der Waals surface area (Å²) in [5.41, 5.74) is 7.98. The lowest BCUT2D eigenvalue weighted by molar-refractivity contribution is 0.287. The fraction of sp³-hybridized carbons (Fsp3) is 0.250. The molecule has 0 fully saturated rings. The van der Waals surface area contributed by atoms with Crippen LogP contribution in [0.15, 0.2) is 12.1 Å². The van der Waals surface area contributed by atoms with Crippen molar-refractivity contribution in [3.05, 3.63) is 23.3 Å². The minimum Gasteiger partial charge on any atom is -0.512 e. The van der Waals surface area contributed by atoms with E-state index >= 15 is 0 Å². The first-order valence-electron chi connectivity index (χ1n) is 3.91. The van der Waals surface area contributed by atoms with E-state index in [1.807, 2.05) is 6.92 Å². The zero-order valence-corrected chi connectivity index (χ0v) is 7.61. The van der Waals surface area contributed by atoms with Crippen molar-refractivity contribution in [3.63, 3.8) is 0 Å². The molecule has 4 nitrogen and oxygen atoms in total. The van der Waals surface area contributed by atoms with Gasteiger partial charge < -0.3 is 20.4 Å². The summed E-state index contributed by atoms with van der Waals surface area (Å²) in [6, 6.07) is 3.42. The number of benzene rings is 1. The first-order chi connectivity index (χ1) is 6.02. The van der Waals surface area contributed by atoms with Gasteiger partial charge in [-0.25, -0.2) is 0 Å². The van der Waals surface area contributed by atoms with E-state index in [4.69, 9.17) is 20.4 Å². The topological polar surface area (TPSA) is 75.7 Å². The molecule has 0 atom stereocenters. The largest absolute Gasteiger partial charge is 0.707 e. The van der Waals surface area contributed by atoms with Crippen LogP contribution in [0.25, 0.3) is 0 Å². The highest BCUT2D eigenvalue weighted by Crippen LogP contribution is 2.26. The normalized spacial score (nSPS) is 9.85. The van der Waals surface area contributed by atoms with Gasteiger partial charge in [0.05, 0.1) is 0 Å². The van der Waals surface area contributed by atoms with E-state index < -0.39 is 7.32 Å². The molecule has 0 aliphatic rings. The summed E-state index contributed by atoms with van der Waals surface area (Å²) in [5.74, 6) is 0.387. The highest BCUT2D eigenvalue weighted by atomic mass is 16.6. The van der Waals surface area contributed by atoms with Crippen molar-refractivity contribution < 1.29 is 14.7 Å². The van der Waals surface area contributed by atoms with E-state index in [1.165, 1.54) is 0 Å². The number of nitrogens with two attached hydrogens (primary N) is 1. The Labute approximate surface area is 77.1 Å². The van der Waals surface area contributed by atoms with Crippen LogP contribution in [0.3, 0.4) is 0 Å². The average Bonchev–Trinajstić information content (AvgIpc) is 2.06. The quantitative estimate of drug-likeness (QED) is 0.451. The molecule has 13 heavy (non-hydrogen) atoms. The van der Waals surface area contributed by atoms with Crippen LogP contribution >= 0.6 is 0 Å². The summed E-state index contributed by atoms with van der Waals surface area (Å²) in [4.78, 5) is 0. The number of nitrogen functional groups attached to an aromatic ring is 1. The molecule has 0 amide bonds. The molecule has 0 heterocycles. The number of aryl methyl sites for hydroxylation is 1. The molecule has 0 spiro atoms. The Kier molecular flexibility index (Phi) is 2.80. The van der Waals surface area contributed by atoms with E-state index in [9.17, 15) is 0 Å². The van der Waals surface area contributed by atoms with E-state index in [0.29, 0.717) is 17.0 Å². The molecule has 5 heteroatoms. The molecule has 0 unspecified atom stereocenters. The van der Waals surface area contributed by atoms with Gasteiger partial charge in [0.25, 0.3) is 0 Å². The van der Waals surface area contributed by atoms with Crippen molar-refractivity contribution in [2.45, 2.75) is 13.8 Å². The highest BCUT2D eigenvalue weighted by molar-refractivity contribution is 6.33. The Morgan fingerprint density at radius 2 is 1.92 bits per heavy atom. The summed E-state index contributed by atoms with van der Waals surface area (Å²) >= 11 is 0. The van der Waals surface area contributed by atoms with Crippen molar-refractivity contribution in [2.24, 2.45) is 0 Å². The van der Waals surface area contributed by atoms with Crippen molar-refractivity contribution in [3.8, 4) is 5.75 Å². The zero-order chi connectivity index (χ0) is 10.0. The second kappa shape index (κ2) is 3.68. The molecule has 1 aromatic carbocycles. The van der Waals surface area contributed by atoms with Gasteiger partial charge in [-0.2, -0.15) is 0 Å². The molecule has 0 aliphatic carbocycles. The van der Waals surface area contributed by atoms with Crippen LogP contribution in [-0.2, 0) is 0 Å². The minimum absolute atomic E-state index is 0.387. The van der Waals surface area contributed by atoms with Gasteiger partial charge in [-0.05, 0) is 25.5 Å². The smallest absolute Gasteiger partial charge is 0.512 e. The Morgan fingerprint density at radius 3 is 2.46 bits per heavy atom. The Balaban J connectivity index is 3.04. The third kappa shape index (κ3) is 2.14. The third-order valence-corrected chi connectivity index (χ3v) is 1.92. The Hall–Kier alpha value is -1.20. The Morgan fingerprint density at radius 1 is 1.31 bits per heavy atom. The van der Waals surface area contributed by atoms with Gasteiger partial charge in [-0.1, -0.05) is 6.07 Å². The van der Waals surface area contributed by atoms with Gasteiger partial charge in [-0.15, -0.1) is 0 Å². The van der Waals surface area contributed by atoms with E-state index in [1.54, 1.807) is 19.1 Å². The van der Waals surface area contributed by atoms with Gasteiger partial charge >= 0.3 is 7.32 Å². The summed E-state index contributed by atoms with van der Waals surface area (Å²) in [7, 11) is -1.80. The molecule has 1 rings (SSSR count). The monoisotopic (exact) mass is 181 g/mol. The number of rotatable bonds is 2.